The molecule has 5 heteroatoms. The number of nitrogens with one attached hydrogen (secondary N) is 1. The van der Waals surface area contributed by atoms with Gasteiger partial charge in [0.05, 0.1) is 10.6 Å². The van der Waals surface area contributed by atoms with E-state index in [9.17, 15) is 4.79 Å². The summed E-state index contributed by atoms with van der Waals surface area (Å²) in [7, 11) is 0. The number of rotatable bonds is 4. The minimum atomic E-state index is -0.184. The van der Waals surface area contributed by atoms with Crippen LogP contribution in [0.2, 0.25) is 5.02 Å². The van der Waals surface area contributed by atoms with Crippen molar-refractivity contribution in [3.63, 3.8) is 0 Å². The highest BCUT2D eigenvalue weighted by atomic mass is 79.9. The van der Waals surface area contributed by atoms with Crippen molar-refractivity contribution < 1.29 is 4.79 Å². The molecule has 0 spiro atoms. The van der Waals surface area contributed by atoms with Crippen LogP contribution in [0, 0.1) is 0 Å². The molecule has 0 aliphatic heterocycles. The zero-order valence-electron chi connectivity index (χ0n) is 12.1. The Balaban J connectivity index is 1.79. The lowest BCUT2D eigenvalue weighted by Gasteiger charge is -2.11. The van der Waals surface area contributed by atoms with E-state index in [1.54, 1.807) is 23.5 Å². The van der Waals surface area contributed by atoms with Crippen LogP contribution in [0.5, 0.6) is 0 Å². The van der Waals surface area contributed by atoms with Crippen molar-refractivity contribution in [2.75, 3.05) is 0 Å². The molecule has 2 aromatic carbocycles. The molecule has 0 fully saturated rings. The van der Waals surface area contributed by atoms with Gasteiger partial charge in [-0.05, 0) is 51.7 Å². The highest BCUT2D eigenvalue weighted by Gasteiger charge is 2.12. The largest absolute Gasteiger partial charge is 0.348 e. The second-order valence-electron chi connectivity index (χ2n) is 4.98. The van der Waals surface area contributed by atoms with Gasteiger partial charge in [0.15, 0.2) is 0 Å². The van der Waals surface area contributed by atoms with E-state index < -0.39 is 0 Å². The summed E-state index contributed by atoms with van der Waals surface area (Å²) in [6, 6.07) is 15.4. The van der Waals surface area contributed by atoms with Gasteiger partial charge in [0, 0.05) is 11.0 Å². The van der Waals surface area contributed by atoms with E-state index in [0.717, 1.165) is 15.6 Å². The lowest BCUT2D eigenvalue weighted by atomic mass is 10.0. The second kappa shape index (κ2) is 7.30. The molecule has 0 aliphatic carbocycles. The average molecular weight is 407 g/mol. The van der Waals surface area contributed by atoms with E-state index in [1.165, 1.54) is 5.56 Å². The van der Waals surface area contributed by atoms with Gasteiger partial charge in [-0.15, -0.1) is 0 Å². The summed E-state index contributed by atoms with van der Waals surface area (Å²) in [5.41, 5.74) is 3.84. The van der Waals surface area contributed by atoms with Crippen LogP contribution in [-0.4, -0.2) is 5.91 Å². The lowest BCUT2D eigenvalue weighted by molar-refractivity contribution is 0.0951. The van der Waals surface area contributed by atoms with Crippen molar-refractivity contribution in [2.24, 2.45) is 0 Å². The van der Waals surface area contributed by atoms with Crippen LogP contribution in [-0.2, 0) is 6.54 Å². The summed E-state index contributed by atoms with van der Waals surface area (Å²) in [6.07, 6.45) is 0. The molecule has 1 amide bonds. The Bertz CT molecular complexity index is 833. The summed E-state index contributed by atoms with van der Waals surface area (Å²) in [6.45, 7) is 0.452. The molecule has 23 heavy (non-hydrogen) atoms. The number of hydrogen-bond acceptors (Lipinski definition) is 2. The Morgan fingerprint density at radius 3 is 2.78 bits per heavy atom. The Kier molecular flexibility index (Phi) is 5.16. The zero-order chi connectivity index (χ0) is 16.2. The quantitative estimate of drug-likeness (QED) is 0.586. The predicted molar refractivity (Wildman–Crippen MR) is 100 cm³/mol. The zero-order valence-corrected chi connectivity index (χ0v) is 15.2. The predicted octanol–water partition coefficient (Wildman–Crippen LogP) is 5.76. The fourth-order valence-corrected chi connectivity index (χ4v) is 3.54. The molecule has 0 atom stereocenters. The van der Waals surface area contributed by atoms with E-state index >= 15 is 0 Å². The standard InChI is InChI=1S/C18H13BrClNOS/c19-14-5-6-17(20)16(9-14)18(22)21-10-12-3-1-2-4-15(12)13-7-8-23-11-13/h1-9,11H,10H2,(H,21,22). The van der Waals surface area contributed by atoms with Crippen molar-refractivity contribution in [1.82, 2.24) is 5.32 Å². The molecule has 3 rings (SSSR count). The van der Waals surface area contributed by atoms with Crippen molar-refractivity contribution >= 4 is 44.8 Å². The summed E-state index contributed by atoms with van der Waals surface area (Å²) in [5.74, 6) is -0.184. The van der Waals surface area contributed by atoms with Crippen LogP contribution < -0.4 is 5.32 Å². The number of carbonyl (C=O) groups excluding carboxylic acids is 1. The highest BCUT2D eigenvalue weighted by Crippen LogP contribution is 2.26. The van der Waals surface area contributed by atoms with Crippen molar-refractivity contribution in [1.29, 1.82) is 0 Å². The molecule has 116 valence electrons. The van der Waals surface area contributed by atoms with Gasteiger partial charge in [0.25, 0.3) is 5.91 Å². The first-order valence-electron chi connectivity index (χ1n) is 6.99. The molecular formula is C18H13BrClNOS. The van der Waals surface area contributed by atoms with Crippen LogP contribution in [0.25, 0.3) is 11.1 Å². The third-order valence-electron chi connectivity index (χ3n) is 3.46. The molecule has 0 saturated carbocycles. The molecule has 0 bridgehead atoms. The number of hydrogen-bond donors (Lipinski definition) is 1. The van der Waals surface area contributed by atoms with Gasteiger partial charge in [0.2, 0.25) is 0 Å². The van der Waals surface area contributed by atoms with E-state index in [4.69, 9.17) is 11.6 Å². The highest BCUT2D eigenvalue weighted by molar-refractivity contribution is 9.10. The van der Waals surface area contributed by atoms with Crippen LogP contribution >= 0.6 is 38.9 Å². The molecule has 1 N–H and O–H groups in total. The normalized spacial score (nSPS) is 10.5. The van der Waals surface area contributed by atoms with Gasteiger partial charge in [-0.2, -0.15) is 11.3 Å². The van der Waals surface area contributed by atoms with Crippen LogP contribution in [0.4, 0.5) is 0 Å². The maximum atomic E-state index is 12.4. The number of halogens is 2. The summed E-state index contributed by atoms with van der Waals surface area (Å²) in [5, 5.41) is 7.54. The third kappa shape index (κ3) is 3.83. The SMILES string of the molecule is O=C(NCc1ccccc1-c1ccsc1)c1cc(Br)ccc1Cl. The molecule has 1 heterocycles. The monoisotopic (exact) mass is 405 g/mol. The first kappa shape index (κ1) is 16.2. The molecular weight excluding hydrogens is 394 g/mol. The maximum Gasteiger partial charge on any atom is 0.253 e. The van der Waals surface area contributed by atoms with Crippen LogP contribution in [0.15, 0.2) is 63.8 Å². The molecule has 0 radical (unpaired) electrons. The van der Waals surface area contributed by atoms with Gasteiger partial charge in [0.1, 0.15) is 0 Å². The number of thiophene rings is 1. The molecule has 1 aromatic heterocycles. The molecule has 0 aliphatic rings. The molecule has 2 nitrogen and oxygen atoms in total. The molecule has 0 saturated heterocycles. The summed E-state index contributed by atoms with van der Waals surface area (Å²) in [4.78, 5) is 12.4. The van der Waals surface area contributed by atoms with E-state index in [-0.39, 0.29) is 5.91 Å². The van der Waals surface area contributed by atoms with Crippen LogP contribution in [0.3, 0.4) is 0 Å². The van der Waals surface area contributed by atoms with Gasteiger partial charge >= 0.3 is 0 Å². The van der Waals surface area contributed by atoms with E-state index in [1.807, 2.05) is 29.6 Å². The summed E-state index contributed by atoms with van der Waals surface area (Å²) < 4.78 is 0.825. The average Bonchev–Trinajstić information content (AvgIpc) is 3.09. The number of carbonyl (C=O) groups is 1. The van der Waals surface area contributed by atoms with Gasteiger partial charge in [-0.1, -0.05) is 51.8 Å². The summed E-state index contributed by atoms with van der Waals surface area (Å²) >= 11 is 11.1. The van der Waals surface area contributed by atoms with Crippen LogP contribution in [0.1, 0.15) is 15.9 Å². The van der Waals surface area contributed by atoms with Crippen molar-refractivity contribution in [2.45, 2.75) is 6.54 Å². The van der Waals surface area contributed by atoms with E-state index in [2.05, 4.69) is 38.8 Å². The fourth-order valence-electron chi connectivity index (χ4n) is 2.32. The fraction of sp³-hybridized carbons (Fsp3) is 0.0556. The van der Waals surface area contributed by atoms with Crippen molar-refractivity contribution in [3.8, 4) is 11.1 Å². The lowest BCUT2D eigenvalue weighted by Crippen LogP contribution is -2.23. The molecule has 0 unspecified atom stereocenters. The maximum absolute atomic E-state index is 12.4. The Labute approximate surface area is 152 Å². The second-order valence-corrected chi connectivity index (χ2v) is 7.08. The first-order chi connectivity index (χ1) is 11.1. The molecule has 3 aromatic rings. The Hall–Kier alpha value is -1.62. The smallest absolute Gasteiger partial charge is 0.253 e. The topological polar surface area (TPSA) is 29.1 Å². The van der Waals surface area contributed by atoms with E-state index in [0.29, 0.717) is 17.1 Å². The van der Waals surface area contributed by atoms with Crippen molar-refractivity contribution in [3.05, 3.63) is 79.9 Å². The Morgan fingerprint density at radius 2 is 2.00 bits per heavy atom. The Morgan fingerprint density at radius 1 is 1.17 bits per heavy atom. The minimum Gasteiger partial charge on any atom is -0.348 e. The van der Waals surface area contributed by atoms with Gasteiger partial charge in [-0.25, -0.2) is 0 Å². The number of amides is 1. The third-order valence-corrected chi connectivity index (χ3v) is 4.97. The first-order valence-corrected chi connectivity index (χ1v) is 9.10. The minimum absolute atomic E-state index is 0.184. The van der Waals surface area contributed by atoms with Gasteiger partial charge in [-0.3, -0.25) is 4.79 Å². The number of benzene rings is 2. The van der Waals surface area contributed by atoms with Gasteiger partial charge < -0.3 is 5.32 Å².